The van der Waals surface area contributed by atoms with Gasteiger partial charge in [-0.2, -0.15) is 0 Å². The minimum absolute atomic E-state index is 0.0533. The molecular weight excluding hydrogens is 200 g/mol. The highest BCUT2D eigenvalue weighted by atomic mass is 16.1. The number of carbonyl (C=O) groups excluding carboxylic acids is 1. The first-order valence-corrected chi connectivity index (χ1v) is 5.58. The van der Waals surface area contributed by atoms with Crippen LogP contribution in [0.5, 0.6) is 0 Å². The molecule has 0 unspecified atom stereocenters. The molecule has 1 aromatic carbocycles. The lowest BCUT2D eigenvalue weighted by Crippen LogP contribution is -2.36. The van der Waals surface area contributed by atoms with Gasteiger partial charge in [-0.25, -0.2) is 0 Å². The Balaban J connectivity index is 1.71. The molecule has 0 spiro atoms. The standard InChI is InChI=1S/C13H16N2O/c16-13(15-12-8-4-5-9-12)10-14-11-6-2-1-3-7-11/h1-7,12,14H,8-10H2,(H,15,16). The smallest absolute Gasteiger partial charge is 0.239 e. The highest BCUT2D eigenvalue weighted by Gasteiger charge is 2.12. The number of carbonyl (C=O) groups is 1. The second kappa shape index (κ2) is 5.35. The van der Waals surface area contributed by atoms with Crippen LogP contribution in [0.25, 0.3) is 0 Å². The van der Waals surface area contributed by atoms with Crippen molar-refractivity contribution >= 4 is 11.6 Å². The quantitative estimate of drug-likeness (QED) is 0.755. The van der Waals surface area contributed by atoms with Crippen LogP contribution >= 0.6 is 0 Å². The first-order chi connectivity index (χ1) is 7.84. The summed E-state index contributed by atoms with van der Waals surface area (Å²) in [5, 5.41) is 6.07. The van der Waals surface area contributed by atoms with Gasteiger partial charge in [0.1, 0.15) is 0 Å². The van der Waals surface area contributed by atoms with Crippen LogP contribution in [-0.2, 0) is 4.79 Å². The Morgan fingerprint density at radius 1 is 1.19 bits per heavy atom. The molecule has 0 saturated carbocycles. The van der Waals surface area contributed by atoms with E-state index in [0.29, 0.717) is 12.6 Å². The zero-order valence-electron chi connectivity index (χ0n) is 9.15. The molecule has 3 nitrogen and oxygen atoms in total. The van der Waals surface area contributed by atoms with Crippen molar-refractivity contribution in [2.75, 3.05) is 11.9 Å². The number of para-hydroxylation sites is 1. The molecule has 0 heterocycles. The van der Waals surface area contributed by atoms with Crippen LogP contribution in [0.3, 0.4) is 0 Å². The molecule has 3 heteroatoms. The summed E-state index contributed by atoms with van der Waals surface area (Å²) < 4.78 is 0. The summed E-state index contributed by atoms with van der Waals surface area (Å²) in [4.78, 5) is 11.6. The number of anilines is 1. The van der Waals surface area contributed by atoms with Gasteiger partial charge >= 0.3 is 0 Å². The zero-order valence-corrected chi connectivity index (χ0v) is 9.15. The molecule has 0 radical (unpaired) electrons. The predicted octanol–water partition coefficient (Wildman–Crippen LogP) is 1.93. The Labute approximate surface area is 95.6 Å². The largest absolute Gasteiger partial charge is 0.376 e. The van der Waals surface area contributed by atoms with Gasteiger partial charge in [0, 0.05) is 11.7 Å². The van der Waals surface area contributed by atoms with Crippen LogP contribution in [0.15, 0.2) is 42.5 Å². The van der Waals surface area contributed by atoms with Crippen LogP contribution < -0.4 is 10.6 Å². The van der Waals surface area contributed by atoms with Crippen LogP contribution in [0, 0.1) is 0 Å². The Bertz CT molecular complexity index is 365. The van der Waals surface area contributed by atoms with Crippen LogP contribution in [0.1, 0.15) is 12.8 Å². The summed E-state index contributed by atoms with van der Waals surface area (Å²) in [6.07, 6.45) is 6.12. The number of amides is 1. The molecule has 2 rings (SSSR count). The lowest BCUT2D eigenvalue weighted by Gasteiger charge is -2.12. The molecule has 0 fully saturated rings. The van der Waals surface area contributed by atoms with Crippen molar-refractivity contribution in [2.45, 2.75) is 18.9 Å². The summed E-state index contributed by atoms with van der Waals surface area (Å²) in [6.45, 7) is 0.334. The summed E-state index contributed by atoms with van der Waals surface area (Å²) in [5.74, 6) is 0.0533. The van der Waals surface area contributed by atoms with Gasteiger partial charge in [0.25, 0.3) is 0 Å². The van der Waals surface area contributed by atoms with Gasteiger partial charge in [-0.05, 0) is 25.0 Å². The molecule has 16 heavy (non-hydrogen) atoms. The Morgan fingerprint density at radius 2 is 1.88 bits per heavy atom. The SMILES string of the molecule is O=C(CNc1ccccc1)NC1CC=CC1. The molecule has 0 aromatic heterocycles. The van der Waals surface area contributed by atoms with E-state index in [1.807, 2.05) is 30.3 Å². The van der Waals surface area contributed by atoms with E-state index in [1.54, 1.807) is 0 Å². The third-order valence-corrected chi connectivity index (χ3v) is 2.60. The number of hydrogen-bond acceptors (Lipinski definition) is 2. The minimum Gasteiger partial charge on any atom is -0.376 e. The van der Waals surface area contributed by atoms with Crippen LogP contribution in [0.2, 0.25) is 0 Å². The monoisotopic (exact) mass is 216 g/mol. The molecule has 1 aliphatic rings. The van der Waals surface area contributed by atoms with E-state index >= 15 is 0 Å². The van der Waals surface area contributed by atoms with Gasteiger partial charge in [0.05, 0.1) is 6.54 Å². The third kappa shape index (κ3) is 3.12. The van der Waals surface area contributed by atoms with E-state index in [0.717, 1.165) is 18.5 Å². The molecule has 0 bridgehead atoms. The van der Waals surface area contributed by atoms with E-state index in [-0.39, 0.29) is 5.91 Å². The number of hydrogen-bond donors (Lipinski definition) is 2. The van der Waals surface area contributed by atoms with Gasteiger partial charge in [-0.3, -0.25) is 4.79 Å². The van der Waals surface area contributed by atoms with Gasteiger partial charge in [0.15, 0.2) is 0 Å². The Kier molecular flexibility index (Phi) is 3.59. The van der Waals surface area contributed by atoms with Gasteiger partial charge in [0.2, 0.25) is 5.91 Å². The molecule has 1 aromatic rings. The highest BCUT2D eigenvalue weighted by Crippen LogP contribution is 2.09. The average Bonchev–Trinajstić information content (AvgIpc) is 2.81. The lowest BCUT2D eigenvalue weighted by molar-refractivity contribution is -0.120. The Morgan fingerprint density at radius 3 is 2.56 bits per heavy atom. The molecule has 0 saturated heterocycles. The van der Waals surface area contributed by atoms with E-state index < -0.39 is 0 Å². The van der Waals surface area contributed by atoms with Gasteiger partial charge < -0.3 is 10.6 Å². The van der Waals surface area contributed by atoms with Crippen molar-refractivity contribution in [2.24, 2.45) is 0 Å². The fraction of sp³-hybridized carbons (Fsp3) is 0.308. The second-order valence-electron chi connectivity index (χ2n) is 3.93. The van der Waals surface area contributed by atoms with Crippen molar-refractivity contribution in [3.63, 3.8) is 0 Å². The normalized spacial score (nSPS) is 15.0. The molecule has 0 atom stereocenters. The van der Waals surface area contributed by atoms with Crippen molar-refractivity contribution in [3.8, 4) is 0 Å². The first-order valence-electron chi connectivity index (χ1n) is 5.58. The summed E-state index contributed by atoms with van der Waals surface area (Å²) >= 11 is 0. The summed E-state index contributed by atoms with van der Waals surface area (Å²) in [5.41, 5.74) is 0.974. The van der Waals surface area contributed by atoms with Crippen molar-refractivity contribution < 1.29 is 4.79 Å². The fourth-order valence-corrected chi connectivity index (χ4v) is 1.75. The van der Waals surface area contributed by atoms with Crippen molar-refractivity contribution in [3.05, 3.63) is 42.5 Å². The molecule has 0 aliphatic heterocycles. The van der Waals surface area contributed by atoms with Crippen molar-refractivity contribution in [1.29, 1.82) is 0 Å². The molecule has 2 N–H and O–H groups in total. The van der Waals surface area contributed by atoms with E-state index in [9.17, 15) is 4.79 Å². The lowest BCUT2D eigenvalue weighted by atomic mass is 10.2. The molecular formula is C13H16N2O. The average molecular weight is 216 g/mol. The van der Waals surface area contributed by atoms with Crippen molar-refractivity contribution in [1.82, 2.24) is 5.32 Å². The number of rotatable bonds is 4. The highest BCUT2D eigenvalue weighted by molar-refractivity contribution is 5.81. The van der Waals surface area contributed by atoms with E-state index in [2.05, 4.69) is 22.8 Å². The Hall–Kier alpha value is -1.77. The maximum atomic E-state index is 11.6. The maximum absolute atomic E-state index is 11.6. The van der Waals surface area contributed by atoms with E-state index in [1.165, 1.54) is 0 Å². The van der Waals surface area contributed by atoms with E-state index in [4.69, 9.17) is 0 Å². The maximum Gasteiger partial charge on any atom is 0.239 e. The molecule has 1 amide bonds. The second-order valence-corrected chi connectivity index (χ2v) is 3.93. The van der Waals surface area contributed by atoms with Gasteiger partial charge in [-0.1, -0.05) is 30.4 Å². The number of benzene rings is 1. The molecule has 84 valence electrons. The minimum atomic E-state index is 0.0533. The van der Waals surface area contributed by atoms with Crippen LogP contribution in [-0.4, -0.2) is 18.5 Å². The summed E-state index contributed by atoms with van der Waals surface area (Å²) in [6, 6.07) is 10.0. The van der Waals surface area contributed by atoms with Crippen LogP contribution in [0.4, 0.5) is 5.69 Å². The fourth-order valence-electron chi connectivity index (χ4n) is 1.75. The zero-order chi connectivity index (χ0) is 11.2. The number of nitrogens with one attached hydrogen (secondary N) is 2. The first kappa shape index (κ1) is 10.7. The van der Waals surface area contributed by atoms with Gasteiger partial charge in [-0.15, -0.1) is 0 Å². The topological polar surface area (TPSA) is 41.1 Å². The summed E-state index contributed by atoms with van der Waals surface area (Å²) in [7, 11) is 0. The third-order valence-electron chi connectivity index (χ3n) is 2.60. The molecule has 1 aliphatic carbocycles. The predicted molar refractivity (Wildman–Crippen MR) is 65.2 cm³/mol.